The van der Waals surface area contributed by atoms with E-state index in [1.807, 2.05) is 42.5 Å². The topological polar surface area (TPSA) is 46.3 Å². The van der Waals surface area contributed by atoms with E-state index in [4.69, 9.17) is 4.42 Å². The molecule has 0 saturated heterocycles. The summed E-state index contributed by atoms with van der Waals surface area (Å²) in [7, 11) is 0. The van der Waals surface area contributed by atoms with E-state index in [2.05, 4.69) is 33.0 Å². The third-order valence-corrected chi connectivity index (χ3v) is 5.50. The number of para-hydroxylation sites is 1. The molecule has 6 heteroatoms. The van der Waals surface area contributed by atoms with Crippen LogP contribution >= 0.6 is 27.3 Å². The minimum Gasteiger partial charge on any atom is -0.444 e. The lowest BCUT2D eigenvalue weighted by Crippen LogP contribution is -2.32. The largest absolute Gasteiger partial charge is 0.444 e. The standard InChI is InChI=1S/C20H15BrN2O2S/c21-18-11-10-16(25-18)19(24)23(13-12-14-6-2-1-3-7-14)20-22-15-8-4-5-9-17(15)26-20/h1-11H,12-13H2. The van der Waals surface area contributed by atoms with Gasteiger partial charge < -0.3 is 4.42 Å². The van der Waals surface area contributed by atoms with Gasteiger partial charge in [0, 0.05) is 6.54 Å². The summed E-state index contributed by atoms with van der Waals surface area (Å²) < 4.78 is 7.07. The van der Waals surface area contributed by atoms with Crippen LogP contribution in [0.5, 0.6) is 0 Å². The molecule has 0 saturated carbocycles. The van der Waals surface area contributed by atoms with Crippen molar-refractivity contribution in [2.75, 3.05) is 11.4 Å². The number of hydrogen-bond acceptors (Lipinski definition) is 4. The van der Waals surface area contributed by atoms with Gasteiger partial charge in [0.25, 0.3) is 5.91 Å². The average molecular weight is 427 g/mol. The van der Waals surface area contributed by atoms with Crippen LogP contribution in [-0.2, 0) is 6.42 Å². The molecule has 2 heterocycles. The van der Waals surface area contributed by atoms with Crippen LogP contribution in [0.25, 0.3) is 10.2 Å². The molecule has 2 aromatic heterocycles. The number of thiazole rings is 1. The molecule has 4 rings (SSSR count). The summed E-state index contributed by atoms with van der Waals surface area (Å²) in [5.41, 5.74) is 2.07. The molecule has 0 fully saturated rings. The second-order valence-corrected chi connectivity index (χ2v) is 7.55. The van der Waals surface area contributed by atoms with E-state index < -0.39 is 0 Å². The van der Waals surface area contributed by atoms with Crippen LogP contribution in [0.3, 0.4) is 0 Å². The predicted molar refractivity (Wildman–Crippen MR) is 108 cm³/mol. The number of carbonyl (C=O) groups is 1. The first kappa shape index (κ1) is 17.0. The molecule has 130 valence electrons. The molecule has 4 aromatic rings. The first-order valence-electron chi connectivity index (χ1n) is 8.17. The molecule has 0 N–H and O–H groups in total. The third-order valence-electron chi connectivity index (χ3n) is 4.01. The Labute approximate surface area is 163 Å². The molecule has 0 atom stereocenters. The fraction of sp³-hybridized carbons (Fsp3) is 0.100. The molecule has 0 unspecified atom stereocenters. The van der Waals surface area contributed by atoms with Crippen molar-refractivity contribution in [3.63, 3.8) is 0 Å². The Morgan fingerprint density at radius 1 is 1.04 bits per heavy atom. The Kier molecular flexibility index (Phi) is 4.86. The molecule has 1 amide bonds. The Morgan fingerprint density at radius 3 is 2.54 bits per heavy atom. The molecule has 0 aliphatic rings. The van der Waals surface area contributed by atoms with E-state index in [-0.39, 0.29) is 5.91 Å². The maximum absolute atomic E-state index is 13.0. The van der Waals surface area contributed by atoms with Gasteiger partial charge in [-0.2, -0.15) is 0 Å². The molecular weight excluding hydrogens is 412 g/mol. The van der Waals surface area contributed by atoms with Gasteiger partial charge in [-0.25, -0.2) is 4.98 Å². The number of fused-ring (bicyclic) bond motifs is 1. The van der Waals surface area contributed by atoms with E-state index in [0.29, 0.717) is 22.1 Å². The number of amides is 1. The maximum Gasteiger partial charge on any atom is 0.295 e. The lowest BCUT2D eigenvalue weighted by molar-refractivity contribution is 0.0959. The maximum atomic E-state index is 13.0. The second-order valence-electron chi connectivity index (χ2n) is 5.76. The fourth-order valence-corrected chi connectivity index (χ4v) is 4.00. The molecule has 2 aromatic carbocycles. The minimum absolute atomic E-state index is 0.189. The Bertz CT molecular complexity index is 1010. The highest BCUT2D eigenvalue weighted by atomic mass is 79.9. The predicted octanol–water partition coefficient (Wildman–Crippen LogP) is 5.54. The number of benzene rings is 2. The first-order chi connectivity index (χ1) is 12.7. The van der Waals surface area contributed by atoms with E-state index in [1.54, 1.807) is 17.0 Å². The fourth-order valence-electron chi connectivity index (χ4n) is 2.71. The van der Waals surface area contributed by atoms with Crippen LogP contribution in [0, 0.1) is 0 Å². The highest BCUT2D eigenvalue weighted by Gasteiger charge is 2.23. The van der Waals surface area contributed by atoms with Crippen LogP contribution in [0.2, 0.25) is 0 Å². The van der Waals surface area contributed by atoms with Gasteiger partial charge in [-0.1, -0.05) is 53.8 Å². The first-order valence-corrected chi connectivity index (χ1v) is 9.78. The normalized spacial score (nSPS) is 11.0. The SMILES string of the molecule is O=C(c1ccc(Br)o1)N(CCc1ccccc1)c1nc2ccccc2s1. The highest BCUT2D eigenvalue weighted by molar-refractivity contribution is 9.10. The molecular formula is C20H15BrN2O2S. The monoisotopic (exact) mass is 426 g/mol. The van der Waals surface area contributed by atoms with Gasteiger partial charge in [-0.3, -0.25) is 9.69 Å². The zero-order valence-electron chi connectivity index (χ0n) is 13.8. The van der Waals surface area contributed by atoms with E-state index in [1.165, 1.54) is 16.9 Å². The summed E-state index contributed by atoms with van der Waals surface area (Å²) in [5, 5.41) is 0.680. The number of anilines is 1. The molecule has 26 heavy (non-hydrogen) atoms. The number of rotatable bonds is 5. The summed E-state index contributed by atoms with van der Waals surface area (Å²) in [4.78, 5) is 19.4. The molecule has 4 nitrogen and oxygen atoms in total. The van der Waals surface area contributed by atoms with Gasteiger partial charge in [0.1, 0.15) is 0 Å². The zero-order chi connectivity index (χ0) is 17.9. The van der Waals surface area contributed by atoms with E-state index in [0.717, 1.165) is 16.6 Å². The van der Waals surface area contributed by atoms with Gasteiger partial charge >= 0.3 is 0 Å². The van der Waals surface area contributed by atoms with Crippen LogP contribution < -0.4 is 4.90 Å². The summed E-state index contributed by atoms with van der Waals surface area (Å²) >= 11 is 4.77. The molecule has 0 aliphatic heterocycles. The molecule has 0 bridgehead atoms. The zero-order valence-corrected chi connectivity index (χ0v) is 16.2. The van der Waals surface area contributed by atoms with Gasteiger partial charge in [-0.15, -0.1) is 0 Å². The number of halogens is 1. The highest BCUT2D eigenvalue weighted by Crippen LogP contribution is 2.30. The minimum atomic E-state index is -0.189. The van der Waals surface area contributed by atoms with Crippen molar-refractivity contribution in [3.8, 4) is 0 Å². The van der Waals surface area contributed by atoms with E-state index in [9.17, 15) is 4.79 Å². The summed E-state index contributed by atoms with van der Waals surface area (Å²) in [5.74, 6) is 0.106. The van der Waals surface area contributed by atoms with Crippen LogP contribution in [0.1, 0.15) is 16.1 Å². The number of aromatic nitrogens is 1. The number of furan rings is 1. The molecule has 0 radical (unpaired) electrons. The summed E-state index contributed by atoms with van der Waals surface area (Å²) in [6.45, 7) is 0.529. The van der Waals surface area contributed by atoms with Crippen molar-refractivity contribution < 1.29 is 9.21 Å². The Hall–Kier alpha value is -2.44. The number of hydrogen-bond donors (Lipinski definition) is 0. The van der Waals surface area contributed by atoms with Gasteiger partial charge in [0.2, 0.25) is 0 Å². The van der Waals surface area contributed by atoms with Crippen molar-refractivity contribution in [2.24, 2.45) is 0 Å². The second kappa shape index (κ2) is 7.43. The summed E-state index contributed by atoms with van der Waals surface area (Å²) in [6, 6.07) is 21.4. The van der Waals surface area contributed by atoms with Crippen molar-refractivity contribution in [3.05, 3.63) is 82.7 Å². The number of carbonyl (C=O) groups excluding carboxylic acids is 1. The van der Waals surface area contributed by atoms with Gasteiger partial charge in [-0.05, 0) is 52.2 Å². The lowest BCUT2D eigenvalue weighted by Gasteiger charge is -2.18. The van der Waals surface area contributed by atoms with Crippen molar-refractivity contribution in [1.29, 1.82) is 0 Å². The quantitative estimate of drug-likeness (QED) is 0.420. The summed E-state index contributed by atoms with van der Waals surface area (Å²) in [6.07, 6.45) is 0.740. The van der Waals surface area contributed by atoms with Crippen molar-refractivity contribution >= 4 is 48.5 Å². The van der Waals surface area contributed by atoms with Crippen LogP contribution in [0.15, 0.2) is 75.8 Å². The third kappa shape index (κ3) is 3.57. The lowest BCUT2D eigenvalue weighted by atomic mass is 10.1. The van der Waals surface area contributed by atoms with Crippen molar-refractivity contribution in [2.45, 2.75) is 6.42 Å². The van der Waals surface area contributed by atoms with Gasteiger partial charge in [0.15, 0.2) is 15.6 Å². The van der Waals surface area contributed by atoms with Crippen LogP contribution in [-0.4, -0.2) is 17.4 Å². The van der Waals surface area contributed by atoms with Crippen LogP contribution in [0.4, 0.5) is 5.13 Å². The van der Waals surface area contributed by atoms with Gasteiger partial charge in [0.05, 0.1) is 10.2 Å². The number of nitrogens with zero attached hydrogens (tertiary/aromatic N) is 2. The van der Waals surface area contributed by atoms with Crippen molar-refractivity contribution in [1.82, 2.24) is 4.98 Å². The Morgan fingerprint density at radius 2 is 1.81 bits per heavy atom. The Balaban J connectivity index is 1.67. The molecule has 0 spiro atoms. The average Bonchev–Trinajstić information content (AvgIpc) is 3.28. The van der Waals surface area contributed by atoms with E-state index >= 15 is 0 Å². The molecule has 0 aliphatic carbocycles. The smallest absolute Gasteiger partial charge is 0.295 e.